The van der Waals surface area contributed by atoms with Crippen molar-refractivity contribution < 1.29 is 23.1 Å². The third-order valence-electron chi connectivity index (χ3n) is 4.26. The molecule has 140 valence electrons. The molecule has 0 unspecified atom stereocenters. The molecular formula is C20H17F3N2O2. The molecule has 0 aliphatic carbocycles. The zero-order valence-corrected chi connectivity index (χ0v) is 14.1. The van der Waals surface area contributed by atoms with Crippen molar-refractivity contribution in [2.75, 3.05) is 11.9 Å². The number of anilines is 1. The number of rotatable bonds is 4. The Morgan fingerprint density at radius 2 is 1.52 bits per heavy atom. The highest BCUT2D eigenvalue weighted by molar-refractivity contribution is 6.01. The highest BCUT2D eigenvalue weighted by atomic mass is 19.4. The molecule has 27 heavy (non-hydrogen) atoms. The lowest BCUT2D eigenvalue weighted by Crippen LogP contribution is -2.51. The van der Waals surface area contributed by atoms with E-state index < -0.39 is 24.4 Å². The molecule has 4 nitrogen and oxygen atoms in total. The molecule has 0 saturated heterocycles. The van der Waals surface area contributed by atoms with Gasteiger partial charge in [-0.15, -0.1) is 0 Å². The van der Waals surface area contributed by atoms with Crippen LogP contribution in [0.4, 0.5) is 23.7 Å². The Morgan fingerprint density at radius 1 is 0.889 bits per heavy atom. The molecule has 3 aromatic carbocycles. The number of hydrogen-bond acceptors (Lipinski definition) is 2. The SMILES string of the molecule is O=C(NC[C@](O)(c1ccccc1)C(F)(F)F)Nc1cccc2ccccc12. The smallest absolute Gasteiger partial charge is 0.375 e. The summed E-state index contributed by atoms with van der Waals surface area (Å²) in [7, 11) is 0. The van der Waals surface area contributed by atoms with Crippen molar-refractivity contribution in [3.05, 3.63) is 78.4 Å². The minimum absolute atomic E-state index is 0.344. The monoisotopic (exact) mass is 374 g/mol. The fourth-order valence-corrected chi connectivity index (χ4v) is 2.79. The summed E-state index contributed by atoms with van der Waals surface area (Å²) in [5.74, 6) is 0. The lowest BCUT2D eigenvalue weighted by Gasteiger charge is -2.31. The van der Waals surface area contributed by atoms with Gasteiger partial charge in [0.1, 0.15) is 0 Å². The van der Waals surface area contributed by atoms with Crippen molar-refractivity contribution in [2.45, 2.75) is 11.8 Å². The minimum atomic E-state index is -4.96. The van der Waals surface area contributed by atoms with E-state index in [0.29, 0.717) is 5.69 Å². The fourth-order valence-electron chi connectivity index (χ4n) is 2.79. The first-order chi connectivity index (χ1) is 12.8. The molecular weight excluding hydrogens is 357 g/mol. The van der Waals surface area contributed by atoms with E-state index in [1.165, 1.54) is 12.1 Å². The van der Waals surface area contributed by atoms with Crippen LogP contribution in [-0.4, -0.2) is 23.9 Å². The topological polar surface area (TPSA) is 61.4 Å². The Balaban J connectivity index is 1.77. The molecule has 3 N–H and O–H groups in total. The maximum Gasteiger partial charge on any atom is 0.423 e. The van der Waals surface area contributed by atoms with Gasteiger partial charge in [0.25, 0.3) is 0 Å². The van der Waals surface area contributed by atoms with E-state index >= 15 is 0 Å². The molecule has 0 aromatic heterocycles. The molecule has 2 amide bonds. The second-order valence-electron chi connectivity index (χ2n) is 6.06. The number of fused-ring (bicyclic) bond motifs is 1. The standard InChI is InChI=1S/C20H17F3N2O2/c21-20(22,23)19(27,15-9-2-1-3-10-15)13-24-18(26)25-17-12-6-8-14-7-4-5-11-16(14)17/h1-12,27H,13H2,(H2,24,25,26)/t19-/m0/s1. The van der Waals surface area contributed by atoms with Crippen molar-refractivity contribution in [3.8, 4) is 0 Å². The summed E-state index contributed by atoms with van der Waals surface area (Å²) in [4.78, 5) is 12.2. The highest BCUT2D eigenvalue weighted by Gasteiger charge is 2.55. The van der Waals surface area contributed by atoms with Gasteiger partial charge in [-0.1, -0.05) is 66.7 Å². The van der Waals surface area contributed by atoms with Gasteiger partial charge in [0.05, 0.1) is 12.2 Å². The Bertz CT molecular complexity index is 939. The van der Waals surface area contributed by atoms with Gasteiger partial charge in [0, 0.05) is 5.39 Å². The number of aliphatic hydroxyl groups is 1. The zero-order valence-electron chi connectivity index (χ0n) is 14.1. The summed E-state index contributed by atoms with van der Waals surface area (Å²) in [5.41, 5.74) is -3.08. The number of benzene rings is 3. The van der Waals surface area contributed by atoms with E-state index in [1.54, 1.807) is 30.3 Å². The largest absolute Gasteiger partial charge is 0.423 e. The molecule has 0 spiro atoms. The number of urea groups is 1. The Hall–Kier alpha value is -3.06. The number of alkyl halides is 3. The molecule has 0 aliphatic rings. The van der Waals surface area contributed by atoms with Gasteiger partial charge in [-0.25, -0.2) is 4.79 Å². The van der Waals surface area contributed by atoms with Crippen molar-refractivity contribution >= 4 is 22.5 Å². The molecule has 0 aliphatic heterocycles. The van der Waals surface area contributed by atoms with Gasteiger partial charge in [0.2, 0.25) is 5.60 Å². The van der Waals surface area contributed by atoms with Crippen LogP contribution in [0.3, 0.4) is 0 Å². The van der Waals surface area contributed by atoms with Gasteiger partial charge in [-0.2, -0.15) is 13.2 Å². The average Bonchev–Trinajstić information content (AvgIpc) is 2.66. The number of halogens is 3. The number of hydrogen-bond donors (Lipinski definition) is 3. The van der Waals surface area contributed by atoms with Gasteiger partial charge in [-0.3, -0.25) is 0 Å². The van der Waals surface area contributed by atoms with Gasteiger partial charge >= 0.3 is 12.2 Å². The van der Waals surface area contributed by atoms with Crippen LogP contribution < -0.4 is 10.6 Å². The molecule has 0 saturated carbocycles. The van der Waals surface area contributed by atoms with E-state index in [1.807, 2.05) is 18.2 Å². The van der Waals surface area contributed by atoms with Crippen LogP contribution in [0.5, 0.6) is 0 Å². The molecule has 0 fully saturated rings. The molecule has 3 rings (SSSR count). The number of nitrogens with one attached hydrogen (secondary N) is 2. The summed E-state index contributed by atoms with van der Waals surface area (Å²) >= 11 is 0. The third-order valence-corrected chi connectivity index (χ3v) is 4.26. The summed E-state index contributed by atoms with van der Waals surface area (Å²) in [6.07, 6.45) is -4.96. The lowest BCUT2D eigenvalue weighted by atomic mass is 9.93. The highest BCUT2D eigenvalue weighted by Crippen LogP contribution is 2.38. The van der Waals surface area contributed by atoms with Crippen molar-refractivity contribution in [1.82, 2.24) is 5.32 Å². The fraction of sp³-hybridized carbons (Fsp3) is 0.150. The van der Waals surface area contributed by atoms with Crippen molar-refractivity contribution in [2.24, 2.45) is 0 Å². The Morgan fingerprint density at radius 3 is 2.22 bits per heavy atom. The first kappa shape index (κ1) is 18.7. The maximum absolute atomic E-state index is 13.5. The van der Waals surface area contributed by atoms with Crippen LogP contribution >= 0.6 is 0 Å². The molecule has 0 heterocycles. The number of amides is 2. The third kappa shape index (κ3) is 3.88. The van der Waals surface area contributed by atoms with E-state index in [-0.39, 0.29) is 5.56 Å². The van der Waals surface area contributed by atoms with E-state index in [9.17, 15) is 23.1 Å². The van der Waals surface area contributed by atoms with Crippen LogP contribution in [0.2, 0.25) is 0 Å². The second-order valence-corrected chi connectivity index (χ2v) is 6.06. The Labute approximate surface area is 153 Å². The summed E-state index contributed by atoms with van der Waals surface area (Å²) < 4.78 is 40.4. The predicted molar refractivity (Wildman–Crippen MR) is 97.4 cm³/mol. The molecule has 0 bridgehead atoms. The molecule has 1 atom stereocenters. The molecule has 3 aromatic rings. The van der Waals surface area contributed by atoms with Crippen LogP contribution in [0.15, 0.2) is 72.8 Å². The summed E-state index contributed by atoms with van der Waals surface area (Å²) in [6, 6.07) is 18.3. The average molecular weight is 374 g/mol. The van der Waals surface area contributed by atoms with Crippen LogP contribution in [-0.2, 0) is 5.60 Å². The molecule has 7 heteroatoms. The van der Waals surface area contributed by atoms with Crippen LogP contribution in [0.25, 0.3) is 10.8 Å². The van der Waals surface area contributed by atoms with Crippen molar-refractivity contribution in [1.29, 1.82) is 0 Å². The summed E-state index contributed by atoms with van der Waals surface area (Å²) in [6.45, 7) is -1.02. The number of carbonyl (C=O) groups is 1. The van der Waals surface area contributed by atoms with E-state index in [0.717, 1.165) is 22.9 Å². The summed E-state index contributed by atoms with van der Waals surface area (Å²) in [5, 5.41) is 16.5. The van der Waals surface area contributed by atoms with Crippen LogP contribution in [0, 0.1) is 0 Å². The Kier molecular flexibility index (Phi) is 5.05. The number of carbonyl (C=O) groups excluding carboxylic acids is 1. The first-order valence-electron chi connectivity index (χ1n) is 8.18. The van der Waals surface area contributed by atoms with Gasteiger partial charge < -0.3 is 15.7 Å². The second kappa shape index (κ2) is 7.28. The molecule has 0 radical (unpaired) electrons. The van der Waals surface area contributed by atoms with E-state index in [4.69, 9.17) is 0 Å². The van der Waals surface area contributed by atoms with Crippen molar-refractivity contribution in [3.63, 3.8) is 0 Å². The quantitative estimate of drug-likeness (QED) is 0.633. The minimum Gasteiger partial charge on any atom is -0.375 e. The maximum atomic E-state index is 13.5. The first-order valence-corrected chi connectivity index (χ1v) is 8.18. The predicted octanol–water partition coefficient (Wildman–Crippen LogP) is 4.41. The van der Waals surface area contributed by atoms with Gasteiger partial charge in [-0.05, 0) is 17.0 Å². The van der Waals surface area contributed by atoms with Crippen LogP contribution in [0.1, 0.15) is 5.56 Å². The lowest BCUT2D eigenvalue weighted by molar-refractivity contribution is -0.263. The van der Waals surface area contributed by atoms with Gasteiger partial charge in [0.15, 0.2) is 0 Å². The van der Waals surface area contributed by atoms with E-state index in [2.05, 4.69) is 10.6 Å². The normalized spacial score (nSPS) is 13.8. The zero-order chi connectivity index (χ0) is 19.5.